The minimum atomic E-state index is -1.08. The molecule has 84 valence electrons. The van der Waals surface area contributed by atoms with Gasteiger partial charge in [-0.2, -0.15) is 5.10 Å². The predicted octanol–water partition coefficient (Wildman–Crippen LogP) is -0.406. The summed E-state index contributed by atoms with van der Waals surface area (Å²) in [6, 6.07) is 6.99. The first-order chi connectivity index (χ1) is 7.50. The average molecular weight is 220 g/mol. The summed E-state index contributed by atoms with van der Waals surface area (Å²) in [6.45, 7) is 1.68. The van der Waals surface area contributed by atoms with Crippen LogP contribution in [0.25, 0.3) is 0 Å². The highest BCUT2D eigenvalue weighted by Crippen LogP contribution is 2.07. The van der Waals surface area contributed by atoms with E-state index >= 15 is 0 Å². The van der Waals surface area contributed by atoms with Gasteiger partial charge >= 0.3 is 11.8 Å². The highest BCUT2D eigenvalue weighted by Gasteiger charge is 2.06. The molecule has 6 heteroatoms. The molecule has 0 spiro atoms. The number of primary amides is 1. The van der Waals surface area contributed by atoms with Crippen molar-refractivity contribution < 1.29 is 9.59 Å². The molecule has 0 aliphatic rings. The number of nitrogens with zero attached hydrogens (tertiary/aromatic N) is 1. The highest BCUT2D eigenvalue weighted by atomic mass is 16.2. The van der Waals surface area contributed by atoms with Crippen molar-refractivity contribution in [2.24, 2.45) is 10.8 Å². The van der Waals surface area contributed by atoms with E-state index in [0.29, 0.717) is 11.4 Å². The number of hydrogen-bond acceptors (Lipinski definition) is 4. The zero-order valence-electron chi connectivity index (χ0n) is 8.73. The van der Waals surface area contributed by atoms with E-state index in [-0.39, 0.29) is 0 Å². The summed E-state index contributed by atoms with van der Waals surface area (Å²) < 4.78 is 0. The largest absolute Gasteiger partial charge is 0.399 e. The maximum absolute atomic E-state index is 10.8. The van der Waals surface area contributed by atoms with Gasteiger partial charge < -0.3 is 11.5 Å². The Labute approximate surface area is 92.3 Å². The average Bonchev–Trinajstić information content (AvgIpc) is 2.25. The molecule has 16 heavy (non-hydrogen) atoms. The molecule has 0 aliphatic carbocycles. The van der Waals surface area contributed by atoms with Gasteiger partial charge in [0.05, 0.1) is 5.71 Å². The highest BCUT2D eigenvalue weighted by molar-refractivity contribution is 6.34. The molecular formula is C10H12N4O2. The van der Waals surface area contributed by atoms with E-state index in [9.17, 15) is 9.59 Å². The van der Waals surface area contributed by atoms with Crippen LogP contribution in [0, 0.1) is 0 Å². The third-order valence-corrected chi connectivity index (χ3v) is 1.85. The summed E-state index contributed by atoms with van der Waals surface area (Å²) in [4.78, 5) is 21.3. The van der Waals surface area contributed by atoms with Crippen LogP contribution in [0.2, 0.25) is 0 Å². The van der Waals surface area contributed by atoms with Gasteiger partial charge in [-0.15, -0.1) is 0 Å². The van der Waals surface area contributed by atoms with Gasteiger partial charge in [0.2, 0.25) is 0 Å². The van der Waals surface area contributed by atoms with Crippen molar-refractivity contribution in [2.45, 2.75) is 6.92 Å². The number of nitrogens with two attached hydrogens (primary N) is 2. The number of nitrogens with one attached hydrogen (secondary N) is 1. The van der Waals surface area contributed by atoms with Crippen molar-refractivity contribution in [3.63, 3.8) is 0 Å². The Kier molecular flexibility index (Phi) is 3.60. The van der Waals surface area contributed by atoms with E-state index in [2.05, 4.69) is 5.10 Å². The van der Waals surface area contributed by atoms with E-state index < -0.39 is 11.8 Å². The van der Waals surface area contributed by atoms with Gasteiger partial charge in [0.1, 0.15) is 0 Å². The molecule has 0 unspecified atom stereocenters. The zero-order chi connectivity index (χ0) is 12.1. The lowest BCUT2D eigenvalue weighted by atomic mass is 10.1. The van der Waals surface area contributed by atoms with Crippen LogP contribution in [-0.2, 0) is 9.59 Å². The Bertz CT molecular complexity index is 454. The second kappa shape index (κ2) is 4.92. The van der Waals surface area contributed by atoms with E-state index in [0.717, 1.165) is 5.56 Å². The normalized spacial score (nSPS) is 10.9. The second-order valence-electron chi connectivity index (χ2n) is 3.13. The fourth-order valence-corrected chi connectivity index (χ4v) is 1.02. The zero-order valence-corrected chi connectivity index (χ0v) is 8.73. The van der Waals surface area contributed by atoms with Crippen LogP contribution in [0.3, 0.4) is 0 Å². The first kappa shape index (κ1) is 11.7. The maximum atomic E-state index is 10.8. The molecule has 0 saturated carbocycles. The summed E-state index contributed by atoms with van der Waals surface area (Å²) in [5.74, 6) is -2.03. The lowest BCUT2D eigenvalue weighted by molar-refractivity contribution is -0.137. The fourth-order valence-electron chi connectivity index (χ4n) is 1.02. The molecular weight excluding hydrogens is 208 g/mol. The van der Waals surface area contributed by atoms with Crippen LogP contribution in [-0.4, -0.2) is 17.5 Å². The molecule has 0 radical (unpaired) electrons. The second-order valence-corrected chi connectivity index (χ2v) is 3.13. The Hall–Kier alpha value is -2.37. The Morgan fingerprint density at radius 1 is 1.38 bits per heavy atom. The summed E-state index contributed by atoms with van der Waals surface area (Å²) in [6.07, 6.45) is 0. The van der Waals surface area contributed by atoms with Gasteiger partial charge in [-0.25, -0.2) is 5.43 Å². The predicted molar refractivity (Wildman–Crippen MR) is 60.4 cm³/mol. The molecule has 0 atom stereocenters. The van der Waals surface area contributed by atoms with E-state index in [1.54, 1.807) is 31.2 Å². The van der Waals surface area contributed by atoms with Gasteiger partial charge in [0, 0.05) is 5.69 Å². The number of hydrogen-bond donors (Lipinski definition) is 3. The molecule has 2 amide bonds. The molecule has 1 aromatic carbocycles. The Morgan fingerprint density at radius 2 is 2.06 bits per heavy atom. The maximum Gasteiger partial charge on any atom is 0.329 e. The number of rotatable bonds is 2. The van der Waals surface area contributed by atoms with Crippen LogP contribution < -0.4 is 16.9 Å². The number of benzene rings is 1. The number of nitrogen functional groups attached to an aromatic ring is 1. The van der Waals surface area contributed by atoms with Crippen LogP contribution in [0.15, 0.2) is 29.4 Å². The molecule has 0 saturated heterocycles. The van der Waals surface area contributed by atoms with Crippen LogP contribution in [0.4, 0.5) is 5.69 Å². The molecule has 0 heterocycles. The van der Waals surface area contributed by atoms with Crippen molar-refractivity contribution in [1.29, 1.82) is 0 Å². The van der Waals surface area contributed by atoms with Crippen LogP contribution in [0.5, 0.6) is 0 Å². The standard InChI is InChI=1S/C10H12N4O2/c1-6(13-14-10(16)9(12)15)7-3-2-4-8(11)5-7/h2-5H,11H2,1H3,(H2,12,15)(H,14,16). The minimum Gasteiger partial charge on any atom is -0.399 e. The van der Waals surface area contributed by atoms with Crippen LogP contribution in [0.1, 0.15) is 12.5 Å². The molecule has 0 fully saturated rings. The number of carbonyl (C=O) groups excluding carboxylic acids is 2. The molecule has 6 nitrogen and oxygen atoms in total. The lowest BCUT2D eigenvalue weighted by Crippen LogP contribution is -2.33. The summed E-state index contributed by atoms with van der Waals surface area (Å²) >= 11 is 0. The molecule has 5 N–H and O–H groups in total. The number of carbonyl (C=O) groups is 2. The van der Waals surface area contributed by atoms with Gasteiger partial charge in [-0.05, 0) is 24.6 Å². The smallest absolute Gasteiger partial charge is 0.329 e. The summed E-state index contributed by atoms with van der Waals surface area (Å²) in [5.41, 5.74) is 14.2. The molecule has 0 aliphatic heterocycles. The van der Waals surface area contributed by atoms with Gasteiger partial charge in [0.25, 0.3) is 0 Å². The van der Waals surface area contributed by atoms with Crippen molar-refractivity contribution in [3.05, 3.63) is 29.8 Å². The van der Waals surface area contributed by atoms with E-state index in [1.165, 1.54) is 0 Å². The molecule has 1 aromatic rings. The fraction of sp³-hybridized carbons (Fsp3) is 0.100. The Morgan fingerprint density at radius 3 is 2.62 bits per heavy atom. The molecule has 0 bridgehead atoms. The van der Waals surface area contributed by atoms with Gasteiger partial charge in [-0.3, -0.25) is 9.59 Å². The topological polar surface area (TPSA) is 111 Å². The van der Waals surface area contributed by atoms with E-state index in [4.69, 9.17) is 11.5 Å². The lowest BCUT2D eigenvalue weighted by Gasteiger charge is -2.02. The van der Waals surface area contributed by atoms with Gasteiger partial charge in [0.15, 0.2) is 0 Å². The minimum absolute atomic E-state index is 0.530. The summed E-state index contributed by atoms with van der Waals surface area (Å²) in [5, 5.41) is 3.72. The molecule has 1 rings (SSSR count). The van der Waals surface area contributed by atoms with E-state index in [1.807, 2.05) is 5.43 Å². The first-order valence-corrected chi connectivity index (χ1v) is 4.50. The Balaban J connectivity index is 2.78. The van der Waals surface area contributed by atoms with Gasteiger partial charge in [-0.1, -0.05) is 12.1 Å². The monoisotopic (exact) mass is 220 g/mol. The van der Waals surface area contributed by atoms with Crippen molar-refractivity contribution in [1.82, 2.24) is 5.43 Å². The van der Waals surface area contributed by atoms with Crippen molar-refractivity contribution in [3.8, 4) is 0 Å². The number of anilines is 1. The number of hydrazone groups is 1. The summed E-state index contributed by atoms with van der Waals surface area (Å²) in [7, 11) is 0. The SMILES string of the molecule is CC(=NNC(=O)C(N)=O)c1cccc(N)c1. The van der Waals surface area contributed by atoms with Crippen molar-refractivity contribution >= 4 is 23.2 Å². The third kappa shape index (κ3) is 3.09. The van der Waals surface area contributed by atoms with Crippen LogP contribution >= 0.6 is 0 Å². The third-order valence-electron chi connectivity index (χ3n) is 1.85. The number of amides is 2. The quantitative estimate of drug-likeness (QED) is 0.273. The first-order valence-electron chi connectivity index (χ1n) is 4.50. The van der Waals surface area contributed by atoms with Crippen molar-refractivity contribution in [2.75, 3.05) is 5.73 Å². The molecule has 0 aromatic heterocycles.